The van der Waals surface area contributed by atoms with Crippen LogP contribution in [0, 0.1) is 23.6 Å². The van der Waals surface area contributed by atoms with E-state index >= 15 is 4.39 Å². The largest absolute Gasteiger partial charge is 0.385 e. The number of nitrogens with two attached hydrogens (primary N) is 1. The third-order valence-corrected chi connectivity index (χ3v) is 8.44. The van der Waals surface area contributed by atoms with Gasteiger partial charge in [0, 0.05) is 37.8 Å². The van der Waals surface area contributed by atoms with Gasteiger partial charge in [-0.3, -0.25) is 0 Å². The van der Waals surface area contributed by atoms with Gasteiger partial charge in [-0.15, -0.1) is 0 Å². The van der Waals surface area contributed by atoms with Crippen molar-refractivity contribution in [3.8, 4) is 0 Å². The average molecular weight is 510 g/mol. The Morgan fingerprint density at radius 3 is 2.61 bits per heavy atom. The molecule has 0 spiro atoms. The van der Waals surface area contributed by atoms with E-state index in [-0.39, 0.29) is 23.4 Å². The Hall–Kier alpha value is -1.77. The highest BCUT2D eigenvalue weighted by Crippen LogP contribution is 2.47. The molecule has 0 radical (unpaired) electrons. The summed E-state index contributed by atoms with van der Waals surface area (Å²) >= 11 is 0. The maximum absolute atomic E-state index is 15.2. The van der Waals surface area contributed by atoms with E-state index in [9.17, 15) is 14.3 Å². The molecule has 0 bridgehead atoms. The highest BCUT2D eigenvalue weighted by atomic mass is 19.1. The van der Waals surface area contributed by atoms with E-state index < -0.39 is 23.6 Å². The lowest BCUT2D eigenvalue weighted by atomic mass is 9.65. The van der Waals surface area contributed by atoms with Gasteiger partial charge >= 0.3 is 6.03 Å². The van der Waals surface area contributed by atoms with Crippen LogP contribution in [0.3, 0.4) is 0 Å². The molecule has 1 aliphatic carbocycles. The highest BCUT2D eigenvalue weighted by Gasteiger charge is 2.50. The Bertz CT molecular complexity index is 821. The van der Waals surface area contributed by atoms with Crippen molar-refractivity contribution >= 4 is 6.03 Å². The number of primary amides is 1. The summed E-state index contributed by atoms with van der Waals surface area (Å²) in [6.07, 6.45) is 6.01. The van der Waals surface area contributed by atoms with Gasteiger partial charge in [-0.1, -0.05) is 18.2 Å². The SMILES string of the molecule is CNC[C@H](CC1CCC(F)CC1)C1C([C@@](O)(CCCCOC)c2ccccc2F)CCCN1C(N)=O. The van der Waals surface area contributed by atoms with Crippen molar-refractivity contribution in [1.82, 2.24) is 10.2 Å². The number of unbranched alkanes of at least 4 members (excludes halogenated alkanes) is 1. The van der Waals surface area contributed by atoms with Crippen molar-refractivity contribution in [3.63, 3.8) is 0 Å². The van der Waals surface area contributed by atoms with E-state index in [1.807, 2.05) is 7.05 Å². The van der Waals surface area contributed by atoms with Crippen LogP contribution in [0.2, 0.25) is 0 Å². The quantitative estimate of drug-likeness (QED) is 0.355. The number of nitrogens with one attached hydrogen (secondary N) is 1. The van der Waals surface area contributed by atoms with Gasteiger partial charge in [0.2, 0.25) is 0 Å². The van der Waals surface area contributed by atoms with Crippen LogP contribution in [0.4, 0.5) is 13.6 Å². The number of likely N-dealkylation sites (tertiary alicyclic amines) is 1. The number of ether oxygens (including phenoxy) is 1. The number of carbonyl (C=O) groups is 1. The van der Waals surface area contributed by atoms with E-state index in [2.05, 4.69) is 5.32 Å². The molecule has 1 saturated heterocycles. The molecule has 3 rings (SSSR count). The van der Waals surface area contributed by atoms with Crippen LogP contribution in [0.5, 0.6) is 0 Å². The molecular formula is C28H45F2N3O3. The Labute approximate surface area is 214 Å². The number of piperidine rings is 1. The van der Waals surface area contributed by atoms with Crippen LogP contribution in [0.1, 0.15) is 69.8 Å². The minimum atomic E-state index is -1.46. The van der Waals surface area contributed by atoms with Crippen LogP contribution >= 0.6 is 0 Å². The first kappa shape index (κ1) is 28.8. The van der Waals surface area contributed by atoms with Gasteiger partial charge in [0.25, 0.3) is 0 Å². The number of hydrogen-bond donors (Lipinski definition) is 3. The van der Waals surface area contributed by atoms with Crippen LogP contribution in [-0.2, 0) is 10.3 Å². The summed E-state index contributed by atoms with van der Waals surface area (Å²) < 4.78 is 34.2. The fourth-order valence-electron chi connectivity index (χ4n) is 6.74. The predicted octanol–water partition coefficient (Wildman–Crippen LogP) is 4.74. The molecule has 204 valence electrons. The van der Waals surface area contributed by atoms with Gasteiger partial charge in [-0.25, -0.2) is 13.6 Å². The molecule has 0 aromatic heterocycles. The summed E-state index contributed by atoms with van der Waals surface area (Å²) in [4.78, 5) is 14.4. The number of aliphatic hydroxyl groups is 1. The zero-order valence-electron chi connectivity index (χ0n) is 21.9. The number of methoxy groups -OCH3 is 1. The molecule has 2 aliphatic rings. The number of hydrogen-bond acceptors (Lipinski definition) is 4. The maximum atomic E-state index is 15.2. The van der Waals surface area contributed by atoms with Gasteiger partial charge in [-0.05, 0) is 95.7 Å². The number of rotatable bonds is 12. The summed E-state index contributed by atoms with van der Waals surface area (Å²) in [7, 11) is 3.52. The molecular weight excluding hydrogens is 464 g/mol. The summed E-state index contributed by atoms with van der Waals surface area (Å²) in [5.74, 6) is -0.454. The van der Waals surface area contributed by atoms with Crippen LogP contribution in [0.15, 0.2) is 24.3 Å². The van der Waals surface area contributed by atoms with Crippen molar-refractivity contribution in [2.45, 2.75) is 82.0 Å². The number of amides is 2. The molecule has 36 heavy (non-hydrogen) atoms. The number of carbonyl (C=O) groups excluding carboxylic acids is 1. The zero-order valence-corrected chi connectivity index (χ0v) is 21.9. The fourth-order valence-corrected chi connectivity index (χ4v) is 6.74. The van der Waals surface area contributed by atoms with Crippen LogP contribution < -0.4 is 11.1 Å². The van der Waals surface area contributed by atoms with Crippen LogP contribution in [-0.4, -0.2) is 62.1 Å². The van der Waals surface area contributed by atoms with Crippen molar-refractivity contribution in [3.05, 3.63) is 35.6 Å². The fraction of sp³-hybridized carbons (Fsp3) is 0.750. The Kier molecular flexibility index (Phi) is 10.9. The maximum Gasteiger partial charge on any atom is 0.315 e. The Morgan fingerprint density at radius 2 is 1.97 bits per heavy atom. The second-order valence-corrected chi connectivity index (χ2v) is 10.8. The van der Waals surface area contributed by atoms with E-state index in [1.165, 1.54) is 6.07 Å². The van der Waals surface area contributed by atoms with Gasteiger partial charge in [0.05, 0.1) is 5.60 Å². The molecule has 4 N–H and O–H groups in total. The Balaban J connectivity index is 2.00. The van der Waals surface area contributed by atoms with Crippen molar-refractivity contribution < 1.29 is 23.4 Å². The van der Waals surface area contributed by atoms with Crippen molar-refractivity contribution in [1.29, 1.82) is 0 Å². The first-order valence-electron chi connectivity index (χ1n) is 13.6. The predicted molar refractivity (Wildman–Crippen MR) is 138 cm³/mol. The van der Waals surface area contributed by atoms with E-state index in [0.717, 1.165) is 25.7 Å². The number of nitrogens with zero attached hydrogens (tertiary/aromatic N) is 1. The lowest BCUT2D eigenvalue weighted by Gasteiger charge is -2.51. The topological polar surface area (TPSA) is 87.8 Å². The molecule has 1 aromatic carbocycles. The summed E-state index contributed by atoms with van der Waals surface area (Å²) in [6.45, 7) is 1.72. The molecule has 1 aromatic rings. The average Bonchev–Trinajstić information content (AvgIpc) is 2.87. The standard InChI is InChI=1S/C28H45F2N3O3/c1-32-19-21(18-20-11-13-22(29)14-12-20)26-24(9-7-16-33(26)27(31)34)28(35,15-5-6-17-36-2)23-8-3-4-10-25(23)30/h3-4,8,10,20-22,24,26,32,35H,5-7,9,11-19H2,1-2H3,(H2,31,34)/t20?,21-,22?,24?,26?,28+/m0/s1. The highest BCUT2D eigenvalue weighted by molar-refractivity contribution is 5.72. The van der Waals surface area contributed by atoms with Crippen LogP contribution in [0.25, 0.3) is 0 Å². The number of benzene rings is 1. The lowest BCUT2D eigenvalue weighted by Crippen LogP contribution is -2.60. The summed E-state index contributed by atoms with van der Waals surface area (Å²) in [5.41, 5.74) is 4.73. The first-order chi connectivity index (χ1) is 17.3. The molecule has 2 unspecified atom stereocenters. The van der Waals surface area contributed by atoms with E-state index in [0.29, 0.717) is 64.1 Å². The Morgan fingerprint density at radius 1 is 1.25 bits per heavy atom. The molecule has 4 atom stereocenters. The van der Waals surface area contributed by atoms with Gasteiger partial charge < -0.3 is 25.8 Å². The van der Waals surface area contributed by atoms with Crippen molar-refractivity contribution in [2.24, 2.45) is 23.5 Å². The van der Waals surface area contributed by atoms with Crippen molar-refractivity contribution in [2.75, 3.05) is 33.9 Å². The monoisotopic (exact) mass is 509 g/mol. The zero-order chi connectivity index (χ0) is 26.1. The van der Waals surface area contributed by atoms with Gasteiger partial charge in [0.1, 0.15) is 12.0 Å². The molecule has 1 saturated carbocycles. The lowest BCUT2D eigenvalue weighted by molar-refractivity contribution is -0.0954. The second-order valence-electron chi connectivity index (χ2n) is 10.8. The number of halogens is 2. The van der Waals surface area contributed by atoms with E-state index in [4.69, 9.17) is 10.5 Å². The second kappa shape index (κ2) is 13.7. The molecule has 2 fully saturated rings. The third kappa shape index (κ3) is 6.95. The van der Waals surface area contributed by atoms with Gasteiger partial charge in [-0.2, -0.15) is 0 Å². The minimum Gasteiger partial charge on any atom is -0.385 e. The third-order valence-electron chi connectivity index (χ3n) is 8.44. The molecule has 1 aliphatic heterocycles. The normalized spacial score (nSPS) is 27.4. The number of urea groups is 1. The molecule has 8 heteroatoms. The minimum absolute atomic E-state index is 0.00577. The smallest absolute Gasteiger partial charge is 0.315 e. The molecule has 1 heterocycles. The first-order valence-corrected chi connectivity index (χ1v) is 13.6. The van der Waals surface area contributed by atoms with E-state index in [1.54, 1.807) is 30.2 Å². The molecule has 2 amide bonds. The summed E-state index contributed by atoms with van der Waals surface area (Å²) in [6, 6.07) is 5.58. The molecule has 6 nitrogen and oxygen atoms in total. The number of alkyl halides is 1. The summed E-state index contributed by atoms with van der Waals surface area (Å²) in [5, 5.41) is 15.7. The van der Waals surface area contributed by atoms with Gasteiger partial charge in [0.15, 0.2) is 0 Å².